The van der Waals surface area contributed by atoms with Gasteiger partial charge in [-0.3, -0.25) is 19.2 Å². The van der Waals surface area contributed by atoms with Crippen LogP contribution in [0.1, 0.15) is 126 Å². The number of aliphatic hydroxyl groups is 3. The predicted molar refractivity (Wildman–Crippen MR) is 245 cm³/mol. The van der Waals surface area contributed by atoms with Gasteiger partial charge < -0.3 is 43.9 Å². The van der Waals surface area contributed by atoms with Crippen LogP contribution in [0.25, 0.3) is 0 Å². The van der Waals surface area contributed by atoms with Crippen molar-refractivity contribution in [1.29, 1.82) is 0 Å². The molecule has 366 valence electrons. The summed E-state index contributed by atoms with van der Waals surface area (Å²) in [7, 11) is 4.52. The first-order chi connectivity index (χ1) is 30.7. The third-order valence-corrected chi connectivity index (χ3v) is 14.5. The summed E-state index contributed by atoms with van der Waals surface area (Å²) in [4.78, 5) is 71.8. The number of cyclic esters (lactones) is 1. The van der Waals surface area contributed by atoms with E-state index in [9.17, 15) is 39.3 Å². The number of allylic oxidation sites excluding steroid dienone is 6. The molecule has 4 aliphatic rings. The Morgan fingerprint density at radius 1 is 0.846 bits per heavy atom. The molecule has 1 aliphatic carbocycles. The summed E-state index contributed by atoms with van der Waals surface area (Å²) in [5.41, 5.74) is 1.27. The van der Waals surface area contributed by atoms with Gasteiger partial charge >= 0.3 is 5.97 Å². The number of aliphatic hydroxyl groups excluding tert-OH is 2. The van der Waals surface area contributed by atoms with Gasteiger partial charge in [0.1, 0.15) is 30.1 Å². The molecule has 4 rings (SSSR count). The lowest BCUT2D eigenvalue weighted by Gasteiger charge is -2.42. The maximum atomic E-state index is 14.4. The van der Waals surface area contributed by atoms with Crippen molar-refractivity contribution in [3.8, 4) is 0 Å². The van der Waals surface area contributed by atoms with Crippen LogP contribution in [-0.2, 0) is 47.7 Å². The highest BCUT2D eigenvalue weighted by Crippen LogP contribution is 2.38. The first-order valence-corrected chi connectivity index (χ1v) is 23.9. The molecule has 3 aliphatic heterocycles. The fourth-order valence-corrected chi connectivity index (χ4v) is 10.1. The summed E-state index contributed by atoms with van der Waals surface area (Å²) >= 11 is 0. The van der Waals surface area contributed by atoms with Crippen LogP contribution in [-0.4, -0.2) is 132 Å². The first kappa shape index (κ1) is 54.2. The molecule has 14 heteroatoms. The largest absolute Gasteiger partial charge is 0.460 e. The van der Waals surface area contributed by atoms with Gasteiger partial charge in [-0.15, -0.1) is 0 Å². The van der Waals surface area contributed by atoms with Crippen LogP contribution < -0.4 is 0 Å². The lowest BCUT2D eigenvalue weighted by atomic mass is 9.78. The monoisotopic (exact) mass is 914 g/mol. The number of hydrogen-bond donors (Lipinski definition) is 3. The molecule has 3 fully saturated rings. The molecule has 3 N–H and O–H groups in total. The van der Waals surface area contributed by atoms with E-state index in [1.165, 1.54) is 12.0 Å². The molecular weight excluding hydrogens is 835 g/mol. The van der Waals surface area contributed by atoms with Gasteiger partial charge in [-0.25, -0.2) is 4.79 Å². The molecule has 1 saturated carbocycles. The Kier molecular flexibility index (Phi) is 21.0. The van der Waals surface area contributed by atoms with E-state index in [2.05, 4.69) is 0 Å². The molecule has 65 heavy (non-hydrogen) atoms. The molecule has 0 aromatic rings. The van der Waals surface area contributed by atoms with Crippen molar-refractivity contribution >= 4 is 29.2 Å². The van der Waals surface area contributed by atoms with Crippen LogP contribution in [0.15, 0.2) is 47.6 Å². The Morgan fingerprint density at radius 2 is 1.57 bits per heavy atom. The highest BCUT2D eigenvalue weighted by atomic mass is 16.6. The molecule has 0 radical (unpaired) electrons. The summed E-state index contributed by atoms with van der Waals surface area (Å²) < 4.78 is 29.4. The molecule has 1 amide bonds. The highest BCUT2D eigenvalue weighted by Gasteiger charge is 2.53. The van der Waals surface area contributed by atoms with E-state index in [0.29, 0.717) is 63.4 Å². The van der Waals surface area contributed by atoms with Crippen molar-refractivity contribution in [2.75, 3.05) is 27.9 Å². The second-order valence-corrected chi connectivity index (χ2v) is 19.6. The van der Waals surface area contributed by atoms with Gasteiger partial charge in [0.15, 0.2) is 5.78 Å². The van der Waals surface area contributed by atoms with Gasteiger partial charge in [-0.05, 0) is 107 Å². The topological polar surface area (TPSA) is 195 Å². The number of nitrogens with zero attached hydrogens (tertiary/aromatic N) is 1. The Hall–Kier alpha value is -3.37. The predicted octanol–water partition coefficient (Wildman–Crippen LogP) is 6.18. The van der Waals surface area contributed by atoms with Gasteiger partial charge in [0.2, 0.25) is 5.79 Å². The molecule has 3 heterocycles. The summed E-state index contributed by atoms with van der Waals surface area (Å²) in [6.45, 7) is 12.7. The minimum absolute atomic E-state index is 0.0193. The van der Waals surface area contributed by atoms with Crippen molar-refractivity contribution in [3.05, 3.63) is 47.6 Å². The van der Waals surface area contributed by atoms with Gasteiger partial charge in [0.25, 0.3) is 11.7 Å². The van der Waals surface area contributed by atoms with Crippen LogP contribution in [0, 0.1) is 35.5 Å². The van der Waals surface area contributed by atoms with E-state index < -0.39 is 83.9 Å². The van der Waals surface area contributed by atoms with Crippen molar-refractivity contribution in [3.63, 3.8) is 0 Å². The minimum Gasteiger partial charge on any atom is -0.460 e. The summed E-state index contributed by atoms with van der Waals surface area (Å²) in [6.07, 6.45) is 11.2. The van der Waals surface area contributed by atoms with Gasteiger partial charge in [0.05, 0.1) is 24.4 Å². The number of ketones is 3. The number of carbonyl (C=O) groups is 5. The number of amides is 1. The second-order valence-electron chi connectivity index (χ2n) is 19.6. The Morgan fingerprint density at radius 3 is 2.25 bits per heavy atom. The van der Waals surface area contributed by atoms with E-state index >= 15 is 0 Å². The lowest BCUT2D eigenvalue weighted by Crippen LogP contribution is -2.61. The van der Waals surface area contributed by atoms with E-state index in [1.807, 2.05) is 58.1 Å². The maximum Gasteiger partial charge on any atom is 0.329 e. The zero-order chi connectivity index (χ0) is 48.2. The minimum atomic E-state index is -2.43. The van der Waals surface area contributed by atoms with Gasteiger partial charge in [-0.1, -0.05) is 71.1 Å². The normalized spacial score (nSPS) is 40.4. The quantitative estimate of drug-likeness (QED) is 0.156. The van der Waals surface area contributed by atoms with Crippen molar-refractivity contribution in [2.24, 2.45) is 35.5 Å². The third-order valence-electron chi connectivity index (χ3n) is 14.5. The molecule has 2 bridgehead atoms. The SMILES string of the molecule is CO[C@H]1C[C@@H]2CC[C@@H](C)[C@@](O)(O2)C(=O)C(=O)N2CCCC[C@H]2C(=O)O[C@H](C(C)C[C@@H]2CC[C@@H](O)[C@H](OC)C2)CC(=O)[C@H](C)/C=C(\C)[C@@H](O)[C@@H](OC)C(=O)[C@H](C)C[C@H](C)/C=C/C=C/C=C/1C. The lowest BCUT2D eigenvalue weighted by molar-refractivity contribution is -0.265. The average molecular weight is 914 g/mol. The van der Waals surface area contributed by atoms with Crippen LogP contribution in [0.5, 0.6) is 0 Å². The van der Waals surface area contributed by atoms with Gasteiger partial charge in [-0.2, -0.15) is 0 Å². The maximum absolute atomic E-state index is 14.4. The number of fused-ring (bicyclic) bond motifs is 3. The number of methoxy groups -OCH3 is 3. The number of carbonyl (C=O) groups excluding carboxylic acids is 5. The summed E-state index contributed by atoms with van der Waals surface area (Å²) in [5.74, 6) is -7.96. The smallest absolute Gasteiger partial charge is 0.329 e. The molecule has 0 aromatic carbocycles. The third kappa shape index (κ3) is 14.3. The average Bonchev–Trinajstić information content (AvgIpc) is 3.28. The van der Waals surface area contributed by atoms with Crippen LogP contribution in [0.3, 0.4) is 0 Å². The number of ether oxygens (including phenoxy) is 5. The van der Waals surface area contributed by atoms with E-state index in [-0.39, 0.29) is 54.8 Å². The number of piperidine rings is 1. The Balaban J connectivity index is 1.70. The molecule has 2 saturated heterocycles. The molecule has 0 aromatic heterocycles. The summed E-state index contributed by atoms with van der Waals surface area (Å²) in [6, 6.07) is -1.14. The molecule has 0 spiro atoms. The Labute approximate surface area is 387 Å². The van der Waals surface area contributed by atoms with Crippen molar-refractivity contribution in [1.82, 2.24) is 4.90 Å². The van der Waals surface area contributed by atoms with Crippen molar-refractivity contribution < 1.29 is 63.0 Å². The van der Waals surface area contributed by atoms with Crippen LogP contribution >= 0.6 is 0 Å². The number of hydrogen-bond acceptors (Lipinski definition) is 13. The highest BCUT2D eigenvalue weighted by molar-refractivity contribution is 6.39. The number of rotatable bonds is 6. The first-order valence-electron chi connectivity index (χ1n) is 23.9. The number of Topliss-reactive ketones (excluding diaryl/α,β-unsaturated/α-hetero) is 3. The van der Waals surface area contributed by atoms with E-state index in [4.69, 9.17) is 23.7 Å². The number of esters is 1. The van der Waals surface area contributed by atoms with Crippen molar-refractivity contribution in [2.45, 2.75) is 180 Å². The van der Waals surface area contributed by atoms with E-state index in [1.54, 1.807) is 41.1 Å². The van der Waals surface area contributed by atoms with E-state index in [0.717, 1.165) is 12.0 Å². The summed E-state index contributed by atoms with van der Waals surface area (Å²) in [5, 5.41) is 33.8. The molecule has 1 unspecified atom stereocenters. The van der Waals surface area contributed by atoms with Crippen LogP contribution in [0.2, 0.25) is 0 Å². The zero-order valence-electron chi connectivity index (χ0n) is 40.6. The second kappa shape index (κ2) is 25.1. The zero-order valence-corrected chi connectivity index (χ0v) is 40.6. The fraction of sp³-hybridized carbons (Fsp3) is 0.745. The fourth-order valence-electron chi connectivity index (χ4n) is 10.1. The standard InChI is InChI=1S/C51H79NO13/c1-30-16-12-11-13-17-31(2)42(61-8)28-38-21-19-36(7)51(60,65-38)48(57)49(58)52-23-15-14-18-39(52)50(59)64-43(33(4)26-37-20-22-40(53)44(27-37)62-9)29-41(54)32(3)25-35(6)46(56)47(63-10)45(55)34(5)24-30/h11-13,16-17,25,30,32-34,36-40,42-44,46-47,53,56,60H,14-15,18-24,26-29H2,1-10H3/b13-11+,16-12+,31-17+,35-25+/t30-,32-,33?,34-,36-,37+,38+,39+,40-,42+,43+,44-,46-,47+,51-/m1/s1. The Bertz CT molecular complexity index is 1760. The molecule has 14 nitrogen and oxygen atoms in total. The van der Waals surface area contributed by atoms with Crippen LogP contribution in [0.4, 0.5) is 0 Å². The van der Waals surface area contributed by atoms with Gasteiger partial charge in [0, 0.05) is 58.5 Å². The molecular formula is C51H79NO13. The molecule has 15 atom stereocenters.